The molecule has 0 saturated heterocycles. The number of carbonyl (C=O) groups is 2. The first kappa shape index (κ1) is 24.8. The van der Waals surface area contributed by atoms with Crippen LogP contribution in [0.1, 0.15) is 77.3 Å². The summed E-state index contributed by atoms with van der Waals surface area (Å²) in [4.78, 5) is 25.6. The summed E-state index contributed by atoms with van der Waals surface area (Å²) in [6.07, 6.45) is 3.78. The fourth-order valence-corrected chi connectivity index (χ4v) is 4.35. The highest BCUT2D eigenvalue weighted by molar-refractivity contribution is 5.97. The van der Waals surface area contributed by atoms with Gasteiger partial charge in [0.05, 0.1) is 11.8 Å². The molecule has 8 nitrogen and oxygen atoms in total. The summed E-state index contributed by atoms with van der Waals surface area (Å²) in [5.41, 5.74) is 3.20. The van der Waals surface area contributed by atoms with Crippen LogP contribution in [0.5, 0.6) is 0 Å². The molecule has 1 aliphatic carbocycles. The van der Waals surface area contributed by atoms with Crippen molar-refractivity contribution in [3.63, 3.8) is 0 Å². The predicted octanol–water partition coefficient (Wildman–Crippen LogP) is 4.85. The van der Waals surface area contributed by atoms with E-state index in [0.717, 1.165) is 48.9 Å². The van der Waals surface area contributed by atoms with E-state index in [4.69, 9.17) is 4.74 Å². The Bertz CT molecular complexity index is 954. The highest BCUT2D eigenvalue weighted by Gasteiger charge is 2.32. The number of aromatic nitrogens is 2. The number of carbonyl (C=O) groups excluding carboxylic acids is 2. The van der Waals surface area contributed by atoms with Gasteiger partial charge >= 0.3 is 6.09 Å². The van der Waals surface area contributed by atoms with Gasteiger partial charge in [-0.15, -0.1) is 0 Å². The van der Waals surface area contributed by atoms with Gasteiger partial charge in [-0.25, -0.2) is 4.79 Å². The predicted molar refractivity (Wildman–Crippen MR) is 128 cm³/mol. The molecule has 1 saturated carbocycles. The first-order valence-corrected chi connectivity index (χ1v) is 11.7. The van der Waals surface area contributed by atoms with E-state index in [2.05, 4.69) is 20.8 Å². The first-order valence-electron chi connectivity index (χ1n) is 11.7. The van der Waals surface area contributed by atoms with Gasteiger partial charge in [0.15, 0.2) is 0 Å². The molecule has 0 spiro atoms. The normalized spacial score (nSPS) is 16.7. The van der Waals surface area contributed by atoms with Crippen molar-refractivity contribution in [2.45, 2.75) is 84.5 Å². The second-order valence-electron chi connectivity index (χ2n) is 9.87. The molecule has 3 rings (SSSR count). The molecular formula is C25H36N4O4. The number of hydrogen-bond donors (Lipinski definition) is 4. The highest BCUT2D eigenvalue weighted by atomic mass is 16.6. The summed E-state index contributed by atoms with van der Waals surface area (Å²) in [7, 11) is 0. The quantitative estimate of drug-likeness (QED) is 0.496. The maximum atomic E-state index is 13.2. The highest BCUT2D eigenvalue weighted by Crippen LogP contribution is 2.31. The van der Waals surface area contributed by atoms with Crippen molar-refractivity contribution in [2.75, 3.05) is 5.32 Å². The van der Waals surface area contributed by atoms with Crippen LogP contribution in [-0.4, -0.2) is 38.9 Å². The number of aliphatic hydroxyl groups is 1. The second-order valence-corrected chi connectivity index (χ2v) is 9.87. The van der Waals surface area contributed by atoms with Crippen LogP contribution in [0.15, 0.2) is 24.3 Å². The molecular weight excluding hydrogens is 420 g/mol. The van der Waals surface area contributed by atoms with Crippen LogP contribution >= 0.6 is 0 Å². The van der Waals surface area contributed by atoms with Gasteiger partial charge in [-0.1, -0.05) is 31.4 Å². The Balaban J connectivity index is 1.75. The number of nitrogens with one attached hydrogen (secondary N) is 3. The summed E-state index contributed by atoms with van der Waals surface area (Å²) in [6, 6.07) is 6.75. The second kappa shape index (κ2) is 10.4. The van der Waals surface area contributed by atoms with Crippen LogP contribution in [0.25, 0.3) is 11.1 Å². The molecule has 1 aliphatic rings. The number of benzene rings is 1. The van der Waals surface area contributed by atoms with Crippen molar-refractivity contribution in [3.8, 4) is 11.1 Å². The van der Waals surface area contributed by atoms with Crippen LogP contribution in [-0.2, 0) is 9.53 Å². The Labute approximate surface area is 195 Å². The van der Waals surface area contributed by atoms with Crippen molar-refractivity contribution >= 4 is 17.7 Å². The van der Waals surface area contributed by atoms with E-state index in [9.17, 15) is 14.7 Å². The van der Waals surface area contributed by atoms with Crippen LogP contribution in [0.3, 0.4) is 0 Å². The summed E-state index contributed by atoms with van der Waals surface area (Å²) in [6.45, 7) is 8.98. The van der Waals surface area contributed by atoms with E-state index in [1.807, 2.05) is 31.2 Å². The summed E-state index contributed by atoms with van der Waals surface area (Å²) < 4.78 is 5.40. The largest absolute Gasteiger partial charge is 0.444 e. The molecule has 8 heteroatoms. The van der Waals surface area contributed by atoms with E-state index in [1.165, 1.54) is 0 Å². The standard InChI is InChI=1S/C25H36N4O4/c1-15-20(21(16(2)30)29-28-15)17-11-13-19(14-12-17)26-23(31)22(18-9-7-6-8-10-18)27-24(32)33-25(3,4)5/h11-14,16,18,22,30H,6-10H2,1-5H3,(H,26,31)(H,27,32)(H,28,29). The van der Waals surface area contributed by atoms with Crippen LogP contribution < -0.4 is 10.6 Å². The van der Waals surface area contributed by atoms with Gasteiger partial charge < -0.3 is 20.5 Å². The van der Waals surface area contributed by atoms with Crippen molar-refractivity contribution in [3.05, 3.63) is 35.7 Å². The van der Waals surface area contributed by atoms with Crippen molar-refractivity contribution in [1.29, 1.82) is 0 Å². The Morgan fingerprint density at radius 3 is 2.36 bits per heavy atom. The van der Waals surface area contributed by atoms with E-state index < -0.39 is 23.8 Å². The van der Waals surface area contributed by atoms with Gasteiger partial charge in [0.25, 0.3) is 0 Å². The Kier molecular flexibility index (Phi) is 7.79. The molecule has 0 radical (unpaired) electrons. The third-order valence-electron chi connectivity index (χ3n) is 5.89. The van der Waals surface area contributed by atoms with Gasteiger partial charge in [0, 0.05) is 16.9 Å². The van der Waals surface area contributed by atoms with Crippen molar-refractivity contribution < 1.29 is 19.4 Å². The number of hydrogen-bond acceptors (Lipinski definition) is 5. The van der Waals surface area contributed by atoms with Crippen molar-refractivity contribution in [1.82, 2.24) is 15.5 Å². The Hall–Kier alpha value is -2.87. The van der Waals surface area contributed by atoms with E-state index in [0.29, 0.717) is 11.4 Å². The van der Waals surface area contributed by atoms with E-state index >= 15 is 0 Å². The van der Waals surface area contributed by atoms with Gasteiger partial charge in [0.1, 0.15) is 11.6 Å². The molecule has 1 aromatic heterocycles. The lowest BCUT2D eigenvalue weighted by atomic mass is 9.83. The average molecular weight is 457 g/mol. The van der Waals surface area contributed by atoms with E-state index in [-0.39, 0.29) is 11.8 Å². The number of aliphatic hydroxyl groups excluding tert-OH is 1. The number of aromatic amines is 1. The maximum Gasteiger partial charge on any atom is 0.408 e. The molecule has 0 bridgehead atoms. The number of nitrogens with zero attached hydrogens (tertiary/aromatic N) is 1. The molecule has 0 aliphatic heterocycles. The Morgan fingerprint density at radius 1 is 1.15 bits per heavy atom. The van der Waals surface area contributed by atoms with Gasteiger partial charge in [-0.3, -0.25) is 9.89 Å². The lowest BCUT2D eigenvalue weighted by Crippen LogP contribution is -2.50. The average Bonchev–Trinajstić information content (AvgIpc) is 3.13. The number of anilines is 1. The van der Waals surface area contributed by atoms with Gasteiger partial charge in [-0.05, 0) is 71.1 Å². The number of amides is 2. The minimum Gasteiger partial charge on any atom is -0.444 e. The zero-order chi connectivity index (χ0) is 24.2. The lowest BCUT2D eigenvalue weighted by Gasteiger charge is -2.31. The fraction of sp³-hybridized carbons (Fsp3) is 0.560. The zero-order valence-electron chi connectivity index (χ0n) is 20.2. The number of H-pyrrole nitrogens is 1. The first-order chi connectivity index (χ1) is 15.5. The molecule has 1 heterocycles. The Morgan fingerprint density at radius 2 is 1.79 bits per heavy atom. The number of aryl methyl sites for hydroxylation is 1. The van der Waals surface area contributed by atoms with Gasteiger partial charge in [0.2, 0.25) is 5.91 Å². The molecule has 2 aromatic rings. The minimum absolute atomic E-state index is 0.0766. The third-order valence-corrected chi connectivity index (χ3v) is 5.89. The smallest absolute Gasteiger partial charge is 0.408 e. The van der Waals surface area contributed by atoms with Gasteiger partial charge in [-0.2, -0.15) is 5.10 Å². The lowest BCUT2D eigenvalue weighted by molar-refractivity contribution is -0.119. The molecule has 2 atom stereocenters. The van der Waals surface area contributed by atoms with Crippen molar-refractivity contribution in [2.24, 2.45) is 5.92 Å². The monoisotopic (exact) mass is 456 g/mol. The minimum atomic E-state index is -0.695. The molecule has 4 N–H and O–H groups in total. The number of alkyl carbamates (subject to hydrolysis) is 1. The topological polar surface area (TPSA) is 116 Å². The number of rotatable bonds is 6. The fourth-order valence-electron chi connectivity index (χ4n) is 4.35. The third kappa shape index (κ3) is 6.57. The SMILES string of the molecule is Cc1[nH]nc(C(C)O)c1-c1ccc(NC(=O)C(NC(=O)OC(C)(C)C)C2CCCCC2)cc1. The molecule has 1 aromatic carbocycles. The zero-order valence-corrected chi connectivity index (χ0v) is 20.2. The number of ether oxygens (including phenoxy) is 1. The molecule has 1 fully saturated rings. The van der Waals surface area contributed by atoms with Crippen LogP contribution in [0.2, 0.25) is 0 Å². The maximum absolute atomic E-state index is 13.2. The molecule has 2 unspecified atom stereocenters. The molecule has 180 valence electrons. The summed E-state index contributed by atoms with van der Waals surface area (Å²) in [5, 5.41) is 22.9. The summed E-state index contributed by atoms with van der Waals surface area (Å²) in [5.74, 6) is -0.169. The van der Waals surface area contributed by atoms with Crippen LogP contribution in [0.4, 0.5) is 10.5 Å². The summed E-state index contributed by atoms with van der Waals surface area (Å²) >= 11 is 0. The van der Waals surface area contributed by atoms with E-state index in [1.54, 1.807) is 27.7 Å². The van der Waals surface area contributed by atoms with Crippen LogP contribution in [0, 0.1) is 12.8 Å². The molecule has 2 amide bonds. The molecule has 33 heavy (non-hydrogen) atoms.